The third-order valence-corrected chi connectivity index (χ3v) is 5.31. The molecular formula is C20H16BrN5O2. The molecule has 0 aliphatic heterocycles. The molecule has 28 heavy (non-hydrogen) atoms. The van der Waals surface area contributed by atoms with Crippen LogP contribution < -0.4 is 4.74 Å². The standard InChI is InChI=1S/C20H16BrN5O2/c1-25-9-15(13-7-12(27-3)4-5-17(13)25)18-23-20(28-24-18)16-10-26(2)19-14(16)6-11(21)8-22-19/h4-10H,1-3H3. The highest BCUT2D eigenvalue weighted by atomic mass is 79.9. The van der Waals surface area contributed by atoms with E-state index in [1.54, 1.807) is 13.3 Å². The van der Waals surface area contributed by atoms with E-state index >= 15 is 0 Å². The van der Waals surface area contributed by atoms with Crippen LogP contribution in [0.4, 0.5) is 0 Å². The van der Waals surface area contributed by atoms with Gasteiger partial charge >= 0.3 is 0 Å². The largest absolute Gasteiger partial charge is 0.497 e. The van der Waals surface area contributed by atoms with Crippen LogP contribution >= 0.6 is 15.9 Å². The first kappa shape index (κ1) is 17.0. The Morgan fingerprint density at radius 1 is 1.04 bits per heavy atom. The molecule has 0 N–H and O–H groups in total. The minimum Gasteiger partial charge on any atom is -0.497 e. The maximum atomic E-state index is 5.62. The molecule has 0 amide bonds. The summed E-state index contributed by atoms with van der Waals surface area (Å²) in [6, 6.07) is 7.95. The Hall–Kier alpha value is -3.13. The molecule has 0 atom stereocenters. The number of ether oxygens (including phenoxy) is 1. The van der Waals surface area contributed by atoms with Gasteiger partial charge in [0.2, 0.25) is 5.82 Å². The molecule has 0 aliphatic rings. The Balaban J connectivity index is 1.67. The molecular weight excluding hydrogens is 422 g/mol. The molecule has 0 saturated carbocycles. The average molecular weight is 438 g/mol. The lowest BCUT2D eigenvalue weighted by Crippen LogP contribution is -1.86. The van der Waals surface area contributed by atoms with Crippen LogP contribution in [-0.2, 0) is 14.1 Å². The fourth-order valence-corrected chi connectivity index (χ4v) is 3.86. The van der Waals surface area contributed by atoms with Crippen LogP contribution in [0, 0.1) is 0 Å². The van der Waals surface area contributed by atoms with E-state index < -0.39 is 0 Å². The molecule has 0 spiro atoms. The number of pyridine rings is 1. The fraction of sp³-hybridized carbons (Fsp3) is 0.150. The molecule has 0 radical (unpaired) electrons. The van der Waals surface area contributed by atoms with E-state index in [9.17, 15) is 0 Å². The van der Waals surface area contributed by atoms with Gasteiger partial charge in [0.15, 0.2) is 0 Å². The van der Waals surface area contributed by atoms with Gasteiger partial charge in [0.25, 0.3) is 5.89 Å². The third-order valence-electron chi connectivity index (χ3n) is 4.87. The number of nitrogens with zero attached hydrogens (tertiary/aromatic N) is 5. The second-order valence-electron chi connectivity index (χ2n) is 6.64. The van der Waals surface area contributed by atoms with Crippen LogP contribution in [0.2, 0.25) is 0 Å². The van der Waals surface area contributed by atoms with Crippen LogP contribution in [0.3, 0.4) is 0 Å². The van der Waals surface area contributed by atoms with Crippen LogP contribution in [0.25, 0.3) is 44.8 Å². The predicted octanol–water partition coefficient (Wildman–Crippen LogP) is 4.55. The number of fused-ring (bicyclic) bond motifs is 2. The van der Waals surface area contributed by atoms with Gasteiger partial charge in [-0.3, -0.25) is 0 Å². The molecule has 5 aromatic rings. The predicted molar refractivity (Wildman–Crippen MR) is 110 cm³/mol. The lowest BCUT2D eigenvalue weighted by Gasteiger charge is -2.00. The SMILES string of the molecule is COc1ccc2c(c1)c(-c1noc(-c3cn(C)c4ncc(Br)cc34)n1)cn2C. The third kappa shape index (κ3) is 2.52. The van der Waals surface area contributed by atoms with Crippen molar-refractivity contribution in [1.82, 2.24) is 24.3 Å². The molecule has 4 aromatic heterocycles. The van der Waals surface area contributed by atoms with Crippen molar-refractivity contribution in [3.63, 3.8) is 0 Å². The normalized spacial score (nSPS) is 11.6. The first-order valence-corrected chi connectivity index (χ1v) is 9.42. The van der Waals surface area contributed by atoms with Crippen molar-refractivity contribution >= 4 is 37.9 Å². The molecule has 0 fully saturated rings. The number of methoxy groups -OCH3 is 1. The smallest absolute Gasteiger partial charge is 0.260 e. The van der Waals surface area contributed by atoms with Crippen LogP contribution in [0.5, 0.6) is 5.75 Å². The van der Waals surface area contributed by atoms with E-state index in [4.69, 9.17) is 9.26 Å². The van der Waals surface area contributed by atoms with Gasteiger partial charge < -0.3 is 18.4 Å². The molecule has 8 heteroatoms. The summed E-state index contributed by atoms with van der Waals surface area (Å²) in [6.07, 6.45) is 5.72. The van der Waals surface area contributed by atoms with E-state index in [-0.39, 0.29) is 0 Å². The van der Waals surface area contributed by atoms with Gasteiger partial charge in [-0.2, -0.15) is 4.98 Å². The summed E-state index contributed by atoms with van der Waals surface area (Å²) in [5, 5.41) is 6.20. The van der Waals surface area contributed by atoms with E-state index in [0.717, 1.165) is 43.3 Å². The summed E-state index contributed by atoms with van der Waals surface area (Å²) >= 11 is 3.48. The summed E-state index contributed by atoms with van der Waals surface area (Å²) in [6.45, 7) is 0. The first-order valence-electron chi connectivity index (χ1n) is 8.63. The second kappa shape index (κ2) is 6.20. The number of aryl methyl sites for hydroxylation is 2. The number of halogens is 1. The zero-order chi connectivity index (χ0) is 19.4. The zero-order valence-electron chi connectivity index (χ0n) is 15.5. The molecule has 1 aromatic carbocycles. The number of rotatable bonds is 3. The second-order valence-corrected chi connectivity index (χ2v) is 7.55. The highest BCUT2D eigenvalue weighted by molar-refractivity contribution is 9.10. The number of aromatic nitrogens is 5. The van der Waals surface area contributed by atoms with Crippen molar-refractivity contribution < 1.29 is 9.26 Å². The van der Waals surface area contributed by atoms with Crippen LogP contribution in [-0.4, -0.2) is 31.4 Å². The van der Waals surface area contributed by atoms with Gasteiger partial charge in [0, 0.05) is 59.0 Å². The summed E-state index contributed by atoms with van der Waals surface area (Å²) in [5.74, 6) is 1.78. The van der Waals surface area contributed by atoms with Crippen molar-refractivity contribution in [1.29, 1.82) is 0 Å². The lowest BCUT2D eigenvalue weighted by atomic mass is 10.1. The number of hydrogen-bond donors (Lipinski definition) is 0. The highest BCUT2D eigenvalue weighted by Gasteiger charge is 2.19. The minimum absolute atomic E-state index is 0.459. The number of benzene rings is 1. The Kier molecular flexibility index (Phi) is 3.77. The Morgan fingerprint density at radius 2 is 1.86 bits per heavy atom. The summed E-state index contributed by atoms with van der Waals surface area (Å²) < 4.78 is 15.9. The van der Waals surface area contributed by atoms with Gasteiger partial charge in [0.1, 0.15) is 11.4 Å². The molecule has 0 bridgehead atoms. The van der Waals surface area contributed by atoms with Gasteiger partial charge in [-0.1, -0.05) is 5.16 Å². The summed E-state index contributed by atoms with van der Waals surface area (Å²) in [7, 11) is 5.59. The van der Waals surface area contributed by atoms with E-state index in [0.29, 0.717) is 11.7 Å². The summed E-state index contributed by atoms with van der Waals surface area (Å²) in [5.41, 5.74) is 3.67. The first-order chi connectivity index (χ1) is 13.5. The lowest BCUT2D eigenvalue weighted by molar-refractivity contribution is 0.415. The van der Waals surface area contributed by atoms with Gasteiger partial charge in [0.05, 0.1) is 12.7 Å². The van der Waals surface area contributed by atoms with E-state index in [1.165, 1.54) is 0 Å². The molecule has 4 heterocycles. The maximum Gasteiger partial charge on any atom is 0.260 e. The minimum atomic E-state index is 0.459. The topological polar surface area (TPSA) is 70.9 Å². The van der Waals surface area contributed by atoms with Crippen molar-refractivity contribution in [3.8, 4) is 28.6 Å². The monoisotopic (exact) mass is 437 g/mol. The van der Waals surface area contributed by atoms with Crippen LogP contribution in [0.15, 0.2) is 51.9 Å². The van der Waals surface area contributed by atoms with Crippen molar-refractivity contribution in [2.45, 2.75) is 0 Å². The Morgan fingerprint density at radius 3 is 2.68 bits per heavy atom. The van der Waals surface area contributed by atoms with Crippen LogP contribution in [0.1, 0.15) is 0 Å². The number of hydrogen-bond acceptors (Lipinski definition) is 5. The Bertz CT molecular complexity index is 1350. The van der Waals surface area contributed by atoms with E-state index in [2.05, 4.69) is 31.1 Å². The molecule has 0 unspecified atom stereocenters. The van der Waals surface area contributed by atoms with E-state index in [1.807, 2.05) is 59.9 Å². The molecule has 0 aliphatic carbocycles. The fourth-order valence-electron chi connectivity index (χ4n) is 3.52. The van der Waals surface area contributed by atoms with Crippen molar-refractivity contribution in [2.75, 3.05) is 7.11 Å². The van der Waals surface area contributed by atoms with Gasteiger partial charge in [-0.05, 0) is 40.2 Å². The molecule has 5 rings (SSSR count). The molecule has 0 saturated heterocycles. The summed E-state index contributed by atoms with van der Waals surface area (Å²) in [4.78, 5) is 9.14. The quantitative estimate of drug-likeness (QED) is 0.413. The van der Waals surface area contributed by atoms with Crippen molar-refractivity contribution in [3.05, 3.63) is 47.3 Å². The van der Waals surface area contributed by atoms with Gasteiger partial charge in [-0.25, -0.2) is 4.98 Å². The maximum absolute atomic E-state index is 5.62. The van der Waals surface area contributed by atoms with Gasteiger partial charge in [-0.15, -0.1) is 0 Å². The molecule has 7 nitrogen and oxygen atoms in total. The average Bonchev–Trinajstić information content (AvgIpc) is 3.38. The highest BCUT2D eigenvalue weighted by Crippen LogP contribution is 2.34. The van der Waals surface area contributed by atoms with Crippen molar-refractivity contribution in [2.24, 2.45) is 14.1 Å². The zero-order valence-corrected chi connectivity index (χ0v) is 17.1. The molecule has 140 valence electrons. The Labute approximate surface area is 168 Å².